The number of hydrogen-bond acceptors (Lipinski definition) is 4. The highest BCUT2D eigenvalue weighted by Crippen LogP contribution is 2.64. The van der Waals surface area contributed by atoms with E-state index in [4.69, 9.17) is 13.6 Å². The lowest BCUT2D eigenvalue weighted by molar-refractivity contribution is -0.0513. The van der Waals surface area contributed by atoms with Crippen LogP contribution in [0, 0.1) is 22.7 Å². The molecule has 6 atom stereocenters. The van der Waals surface area contributed by atoms with Gasteiger partial charge in [-0.1, -0.05) is 98.6 Å². The molecule has 4 aliphatic carbocycles. The van der Waals surface area contributed by atoms with E-state index in [0.29, 0.717) is 25.0 Å². The summed E-state index contributed by atoms with van der Waals surface area (Å²) in [4.78, 5) is 0. The van der Waals surface area contributed by atoms with E-state index in [2.05, 4.69) is 99.8 Å². The summed E-state index contributed by atoms with van der Waals surface area (Å²) in [6, 6.07) is 0. The SMILES string of the molecule is CCC(O)(CC)COCC1=CC[C@H]2C3=CC=C4C[C@@H](O[Si](C)(C)C(C)(C)C)C[C@H](O[Si](C)(C)C(C)(C)C)[C@]4(C)[C@H]3CC[C@]12C. The lowest BCUT2D eigenvalue weighted by atomic mass is 9.50. The first-order valence-electron chi connectivity index (χ1n) is 17.8. The van der Waals surface area contributed by atoms with Crippen LogP contribution in [0.1, 0.15) is 114 Å². The van der Waals surface area contributed by atoms with Crippen LogP contribution in [0.3, 0.4) is 0 Å². The van der Waals surface area contributed by atoms with Crippen LogP contribution < -0.4 is 0 Å². The Hall–Kier alpha value is -0.506. The lowest BCUT2D eigenvalue weighted by Gasteiger charge is -2.59. The zero-order valence-corrected chi connectivity index (χ0v) is 33.1. The number of hydrogen-bond donors (Lipinski definition) is 1. The van der Waals surface area contributed by atoms with Crippen LogP contribution in [0.5, 0.6) is 0 Å². The fourth-order valence-corrected chi connectivity index (χ4v) is 10.9. The molecule has 0 unspecified atom stereocenters. The number of aliphatic hydroxyl groups is 1. The second-order valence-electron chi connectivity index (χ2n) is 18.4. The zero-order chi connectivity index (χ0) is 33.1. The van der Waals surface area contributed by atoms with Crippen LogP contribution in [0.25, 0.3) is 0 Å². The molecule has 0 amide bonds. The van der Waals surface area contributed by atoms with E-state index >= 15 is 0 Å². The number of rotatable bonds is 10. The molecule has 0 spiro atoms. The smallest absolute Gasteiger partial charge is 0.192 e. The summed E-state index contributed by atoms with van der Waals surface area (Å²) in [6.07, 6.45) is 14.8. The summed E-state index contributed by atoms with van der Waals surface area (Å²) in [5.74, 6) is 1.02. The Labute approximate surface area is 273 Å². The minimum atomic E-state index is -2.02. The minimum absolute atomic E-state index is 0.00772. The van der Waals surface area contributed by atoms with Crippen LogP contribution in [-0.4, -0.2) is 52.8 Å². The van der Waals surface area contributed by atoms with Crippen molar-refractivity contribution in [1.82, 2.24) is 0 Å². The first-order chi connectivity index (χ1) is 20.0. The van der Waals surface area contributed by atoms with Crippen molar-refractivity contribution in [2.75, 3.05) is 13.2 Å². The summed E-state index contributed by atoms with van der Waals surface area (Å²) in [5.41, 5.74) is 4.04. The molecular weight excluding hydrogens is 577 g/mol. The van der Waals surface area contributed by atoms with Gasteiger partial charge in [-0.3, -0.25) is 0 Å². The van der Waals surface area contributed by atoms with Crippen molar-refractivity contribution in [3.8, 4) is 0 Å². The normalized spacial score (nSPS) is 33.2. The molecule has 0 aromatic heterocycles. The second-order valence-corrected chi connectivity index (χ2v) is 27.9. The summed E-state index contributed by atoms with van der Waals surface area (Å²) < 4.78 is 20.9. The van der Waals surface area contributed by atoms with Crippen molar-refractivity contribution in [2.24, 2.45) is 22.7 Å². The van der Waals surface area contributed by atoms with E-state index in [1.165, 1.54) is 18.4 Å². The van der Waals surface area contributed by atoms with Crippen molar-refractivity contribution in [3.63, 3.8) is 0 Å². The van der Waals surface area contributed by atoms with Gasteiger partial charge in [0.1, 0.15) is 0 Å². The predicted octanol–water partition coefficient (Wildman–Crippen LogP) is 10.4. The first-order valence-corrected chi connectivity index (χ1v) is 23.6. The molecule has 2 saturated carbocycles. The molecule has 44 heavy (non-hydrogen) atoms. The highest BCUT2D eigenvalue weighted by molar-refractivity contribution is 6.74. The fraction of sp³-hybridized carbons (Fsp3) is 0.842. The third-order valence-corrected chi connectivity index (χ3v) is 22.8. The average molecular weight is 645 g/mol. The van der Waals surface area contributed by atoms with Crippen LogP contribution >= 0.6 is 0 Å². The summed E-state index contributed by atoms with van der Waals surface area (Å²) in [5, 5.41) is 11.1. The van der Waals surface area contributed by atoms with E-state index in [1.54, 1.807) is 11.1 Å². The lowest BCUT2D eigenvalue weighted by Crippen LogP contribution is -2.58. The van der Waals surface area contributed by atoms with Gasteiger partial charge < -0.3 is 18.7 Å². The molecule has 4 nitrogen and oxygen atoms in total. The third kappa shape index (κ3) is 6.48. The summed E-state index contributed by atoms with van der Waals surface area (Å²) in [7, 11) is -3.94. The van der Waals surface area contributed by atoms with Gasteiger partial charge in [-0.15, -0.1) is 0 Å². The molecule has 0 radical (unpaired) electrons. The molecule has 2 fully saturated rings. The Morgan fingerprint density at radius 1 is 0.886 bits per heavy atom. The van der Waals surface area contributed by atoms with E-state index < -0.39 is 22.2 Å². The standard InChI is InChI=1S/C38H68O4Si2/c1-15-38(39,16-2)26-40-25-28-18-20-31-30-19-17-27-23-29(41-43(11,12)34(3,4)5)24-33(42-44(13,14)35(6,7)8)37(27,10)32(30)21-22-36(28,31)9/h17-19,29,31-33,39H,15-16,20-26H2,1-14H3/t29-,31+,32+,33+,36-,37+/m1/s1. The molecule has 0 aliphatic heterocycles. The van der Waals surface area contributed by atoms with Gasteiger partial charge in [0.15, 0.2) is 16.6 Å². The molecule has 0 bridgehead atoms. The largest absolute Gasteiger partial charge is 0.414 e. The topological polar surface area (TPSA) is 47.9 Å². The van der Waals surface area contributed by atoms with E-state index in [1.807, 2.05) is 13.8 Å². The molecule has 6 heteroatoms. The monoisotopic (exact) mass is 644 g/mol. The highest BCUT2D eigenvalue weighted by atomic mass is 28.4. The van der Waals surface area contributed by atoms with Gasteiger partial charge >= 0.3 is 0 Å². The van der Waals surface area contributed by atoms with Crippen LogP contribution in [0.4, 0.5) is 0 Å². The zero-order valence-electron chi connectivity index (χ0n) is 31.1. The molecule has 0 aromatic carbocycles. The Morgan fingerprint density at radius 3 is 2.05 bits per heavy atom. The Morgan fingerprint density at radius 2 is 1.48 bits per heavy atom. The number of ether oxygens (including phenoxy) is 1. The Kier molecular flexibility index (Phi) is 10.1. The average Bonchev–Trinajstić information content (AvgIpc) is 3.23. The van der Waals surface area contributed by atoms with Gasteiger partial charge in [0, 0.05) is 5.41 Å². The molecule has 4 aliphatic rings. The maximum absolute atomic E-state index is 10.8. The molecule has 0 saturated heterocycles. The Bertz CT molecular complexity index is 1150. The number of allylic oxidation sites excluding steroid dienone is 4. The highest BCUT2D eigenvalue weighted by Gasteiger charge is 2.59. The van der Waals surface area contributed by atoms with Crippen molar-refractivity contribution in [3.05, 3.63) is 34.9 Å². The summed E-state index contributed by atoms with van der Waals surface area (Å²) in [6.45, 7) is 34.0. The van der Waals surface area contributed by atoms with Gasteiger partial charge in [-0.25, -0.2) is 0 Å². The molecule has 0 heterocycles. The van der Waals surface area contributed by atoms with Gasteiger partial charge in [0.05, 0.1) is 31.0 Å². The van der Waals surface area contributed by atoms with Crippen molar-refractivity contribution in [1.29, 1.82) is 0 Å². The second kappa shape index (κ2) is 12.2. The molecule has 252 valence electrons. The molecular formula is C38H68O4Si2. The maximum atomic E-state index is 10.8. The van der Waals surface area contributed by atoms with Crippen molar-refractivity contribution >= 4 is 16.6 Å². The van der Waals surface area contributed by atoms with Crippen LogP contribution in [0.2, 0.25) is 36.3 Å². The first kappa shape index (κ1) is 36.3. The number of fused-ring (bicyclic) bond motifs is 5. The van der Waals surface area contributed by atoms with Gasteiger partial charge in [-0.05, 0) is 104 Å². The van der Waals surface area contributed by atoms with Gasteiger partial charge in [-0.2, -0.15) is 0 Å². The molecule has 1 N–H and O–H groups in total. The third-order valence-electron chi connectivity index (χ3n) is 13.8. The van der Waals surface area contributed by atoms with E-state index in [0.717, 1.165) is 32.1 Å². The fourth-order valence-electron chi connectivity index (χ4n) is 8.09. The van der Waals surface area contributed by atoms with E-state index in [-0.39, 0.29) is 33.1 Å². The predicted molar refractivity (Wildman–Crippen MR) is 191 cm³/mol. The molecule has 4 rings (SSSR count). The minimum Gasteiger partial charge on any atom is -0.414 e. The van der Waals surface area contributed by atoms with Crippen LogP contribution in [0.15, 0.2) is 34.9 Å². The quantitative estimate of drug-likeness (QED) is 0.190. The molecule has 0 aromatic rings. The van der Waals surface area contributed by atoms with Crippen LogP contribution in [-0.2, 0) is 13.6 Å². The van der Waals surface area contributed by atoms with Gasteiger partial charge in [0.25, 0.3) is 0 Å². The van der Waals surface area contributed by atoms with Crippen molar-refractivity contribution < 1.29 is 18.7 Å². The maximum Gasteiger partial charge on any atom is 0.192 e. The Balaban J connectivity index is 1.64. The van der Waals surface area contributed by atoms with Crippen molar-refractivity contribution in [2.45, 2.75) is 168 Å². The summed E-state index contributed by atoms with van der Waals surface area (Å²) >= 11 is 0. The van der Waals surface area contributed by atoms with Gasteiger partial charge in [0.2, 0.25) is 0 Å². The van der Waals surface area contributed by atoms with E-state index in [9.17, 15) is 5.11 Å².